The minimum Gasteiger partial charge on any atom is -0.493 e. The lowest BCUT2D eigenvalue weighted by molar-refractivity contribution is 0.348. The van der Waals surface area contributed by atoms with Crippen LogP contribution in [0.1, 0.15) is 37.2 Å². The molecule has 2 heterocycles. The molecule has 0 aliphatic rings. The molecular formula is C14H21N5O2. The number of pyridine rings is 1. The Bertz CT molecular complexity index is 584. The molecule has 1 atom stereocenters. The molecular weight excluding hydrogens is 270 g/mol. The van der Waals surface area contributed by atoms with Gasteiger partial charge in [-0.3, -0.25) is 4.98 Å². The van der Waals surface area contributed by atoms with E-state index in [-0.39, 0.29) is 6.04 Å². The van der Waals surface area contributed by atoms with Crippen molar-refractivity contribution >= 4 is 0 Å². The van der Waals surface area contributed by atoms with Crippen molar-refractivity contribution in [1.29, 1.82) is 0 Å². The smallest absolute Gasteiger partial charge is 0.184 e. The summed E-state index contributed by atoms with van der Waals surface area (Å²) in [4.78, 5) is 4.32. The molecule has 0 saturated carbocycles. The Morgan fingerprint density at radius 3 is 2.81 bits per heavy atom. The fourth-order valence-electron chi connectivity index (χ4n) is 2.14. The van der Waals surface area contributed by atoms with Crippen molar-refractivity contribution in [2.75, 3.05) is 14.2 Å². The van der Waals surface area contributed by atoms with E-state index in [2.05, 4.69) is 22.2 Å². The molecule has 1 unspecified atom stereocenters. The maximum atomic E-state index is 6.04. The summed E-state index contributed by atoms with van der Waals surface area (Å²) in [5.41, 5.74) is 7.56. The quantitative estimate of drug-likeness (QED) is 0.832. The number of rotatable bonds is 7. The first kappa shape index (κ1) is 15.2. The lowest BCUT2D eigenvalue weighted by atomic mass is 10.1. The first-order valence-corrected chi connectivity index (χ1v) is 6.91. The zero-order valence-electron chi connectivity index (χ0n) is 12.6. The van der Waals surface area contributed by atoms with Crippen LogP contribution in [0.5, 0.6) is 11.5 Å². The highest BCUT2D eigenvalue weighted by Gasteiger charge is 2.14. The number of ether oxygens (including phenoxy) is 2. The van der Waals surface area contributed by atoms with E-state index in [0.717, 1.165) is 24.2 Å². The highest BCUT2D eigenvalue weighted by Crippen LogP contribution is 2.29. The lowest BCUT2D eigenvalue weighted by Gasteiger charge is -2.11. The van der Waals surface area contributed by atoms with Crippen LogP contribution in [0, 0.1) is 0 Å². The van der Waals surface area contributed by atoms with Crippen LogP contribution in [0.2, 0.25) is 0 Å². The van der Waals surface area contributed by atoms with Crippen LogP contribution >= 0.6 is 0 Å². The van der Waals surface area contributed by atoms with E-state index >= 15 is 0 Å². The first-order valence-electron chi connectivity index (χ1n) is 6.91. The second-order valence-corrected chi connectivity index (χ2v) is 4.73. The second kappa shape index (κ2) is 7.03. The largest absolute Gasteiger partial charge is 0.493 e. The highest BCUT2D eigenvalue weighted by molar-refractivity contribution is 5.42. The summed E-state index contributed by atoms with van der Waals surface area (Å²) in [6.45, 7) is 2.54. The summed E-state index contributed by atoms with van der Waals surface area (Å²) in [7, 11) is 3.19. The Morgan fingerprint density at radius 2 is 2.14 bits per heavy atom. The van der Waals surface area contributed by atoms with Gasteiger partial charge >= 0.3 is 0 Å². The van der Waals surface area contributed by atoms with Crippen molar-refractivity contribution in [2.24, 2.45) is 5.73 Å². The van der Waals surface area contributed by atoms with Crippen LogP contribution in [0.4, 0.5) is 0 Å². The molecule has 2 aromatic rings. The molecule has 0 aliphatic carbocycles. The van der Waals surface area contributed by atoms with Gasteiger partial charge in [-0.25, -0.2) is 4.68 Å². The van der Waals surface area contributed by atoms with E-state index in [1.54, 1.807) is 31.2 Å². The van der Waals surface area contributed by atoms with Crippen LogP contribution in [-0.4, -0.2) is 34.2 Å². The first-order chi connectivity index (χ1) is 10.2. The van der Waals surface area contributed by atoms with Gasteiger partial charge in [0.1, 0.15) is 5.69 Å². The fourth-order valence-corrected chi connectivity index (χ4v) is 2.14. The molecule has 2 aromatic heterocycles. The third-order valence-corrected chi connectivity index (χ3v) is 3.21. The second-order valence-electron chi connectivity index (χ2n) is 4.73. The van der Waals surface area contributed by atoms with Gasteiger partial charge in [-0.2, -0.15) is 0 Å². The highest BCUT2D eigenvalue weighted by atomic mass is 16.5. The molecule has 0 aliphatic heterocycles. The average molecular weight is 291 g/mol. The minimum absolute atomic E-state index is 0.0797. The molecule has 7 nitrogen and oxygen atoms in total. The van der Waals surface area contributed by atoms with Crippen LogP contribution < -0.4 is 15.2 Å². The molecule has 0 saturated heterocycles. The molecule has 0 spiro atoms. The zero-order chi connectivity index (χ0) is 15.2. The molecule has 7 heteroatoms. The van der Waals surface area contributed by atoms with E-state index in [4.69, 9.17) is 15.2 Å². The third kappa shape index (κ3) is 3.49. The normalized spacial score (nSPS) is 12.2. The van der Waals surface area contributed by atoms with Gasteiger partial charge in [0.25, 0.3) is 0 Å². The predicted octanol–water partition coefficient (Wildman–Crippen LogP) is 1.54. The van der Waals surface area contributed by atoms with Gasteiger partial charge in [-0.1, -0.05) is 18.6 Å². The number of nitrogens with two attached hydrogens (primary N) is 1. The van der Waals surface area contributed by atoms with Gasteiger partial charge < -0.3 is 15.2 Å². The van der Waals surface area contributed by atoms with Crippen molar-refractivity contribution in [1.82, 2.24) is 20.0 Å². The Balaban J connectivity index is 2.19. The molecule has 2 N–H and O–H groups in total. The van der Waals surface area contributed by atoms with Crippen molar-refractivity contribution in [3.63, 3.8) is 0 Å². The zero-order valence-corrected chi connectivity index (χ0v) is 12.6. The summed E-state index contributed by atoms with van der Waals surface area (Å²) in [5.74, 6) is 1.25. The standard InChI is InChI=1S/C14H21N5O2/c1-4-5-10(15)11-8-19(18-17-11)9-12-14(21-3)13(20-2)6-7-16-12/h6-8,10H,4-5,9,15H2,1-3H3. The Kier molecular flexibility index (Phi) is 5.10. The topological polar surface area (TPSA) is 88.1 Å². The molecule has 21 heavy (non-hydrogen) atoms. The third-order valence-electron chi connectivity index (χ3n) is 3.21. The number of methoxy groups -OCH3 is 2. The van der Waals surface area contributed by atoms with Gasteiger partial charge in [0.05, 0.1) is 38.7 Å². The van der Waals surface area contributed by atoms with Gasteiger partial charge in [0.15, 0.2) is 11.5 Å². The fraction of sp³-hybridized carbons (Fsp3) is 0.500. The van der Waals surface area contributed by atoms with E-state index in [9.17, 15) is 0 Å². The van der Waals surface area contributed by atoms with Crippen LogP contribution in [-0.2, 0) is 6.54 Å². The van der Waals surface area contributed by atoms with E-state index in [0.29, 0.717) is 18.0 Å². The van der Waals surface area contributed by atoms with Gasteiger partial charge in [0, 0.05) is 12.3 Å². The number of hydrogen-bond donors (Lipinski definition) is 1. The minimum atomic E-state index is -0.0797. The van der Waals surface area contributed by atoms with Gasteiger partial charge in [0.2, 0.25) is 0 Å². The molecule has 0 radical (unpaired) electrons. The summed E-state index contributed by atoms with van der Waals surface area (Å²) in [6.07, 6.45) is 5.43. The SMILES string of the molecule is CCCC(N)c1cn(Cc2nccc(OC)c2OC)nn1. The molecule has 0 bridgehead atoms. The predicted molar refractivity (Wildman–Crippen MR) is 78.3 cm³/mol. The maximum absolute atomic E-state index is 6.04. The van der Waals surface area contributed by atoms with Crippen LogP contribution in [0.15, 0.2) is 18.5 Å². The van der Waals surface area contributed by atoms with Crippen molar-refractivity contribution in [2.45, 2.75) is 32.4 Å². The number of nitrogens with zero attached hydrogens (tertiary/aromatic N) is 4. The number of aromatic nitrogens is 4. The Labute approximate surface area is 124 Å². The summed E-state index contributed by atoms with van der Waals surface area (Å²) >= 11 is 0. The maximum Gasteiger partial charge on any atom is 0.184 e. The molecule has 0 amide bonds. The van der Waals surface area contributed by atoms with Gasteiger partial charge in [-0.15, -0.1) is 5.10 Å². The molecule has 0 aromatic carbocycles. The van der Waals surface area contributed by atoms with E-state index < -0.39 is 0 Å². The van der Waals surface area contributed by atoms with Crippen LogP contribution in [0.25, 0.3) is 0 Å². The number of hydrogen-bond acceptors (Lipinski definition) is 6. The van der Waals surface area contributed by atoms with Gasteiger partial charge in [-0.05, 0) is 6.42 Å². The molecule has 2 rings (SSSR count). The van der Waals surface area contributed by atoms with E-state index in [1.165, 1.54) is 0 Å². The monoisotopic (exact) mass is 291 g/mol. The Hall–Kier alpha value is -2.15. The molecule has 114 valence electrons. The van der Waals surface area contributed by atoms with E-state index in [1.807, 2.05) is 6.20 Å². The Morgan fingerprint density at radius 1 is 1.33 bits per heavy atom. The summed E-state index contributed by atoms with van der Waals surface area (Å²) in [6, 6.07) is 1.68. The summed E-state index contributed by atoms with van der Waals surface area (Å²) in [5, 5.41) is 8.21. The van der Waals surface area contributed by atoms with Crippen molar-refractivity contribution in [3.05, 3.63) is 29.8 Å². The van der Waals surface area contributed by atoms with Crippen LogP contribution in [0.3, 0.4) is 0 Å². The average Bonchev–Trinajstić information content (AvgIpc) is 2.96. The lowest BCUT2D eigenvalue weighted by Crippen LogP contribution is -2.10. The molecule has 0 fully saturated rings. The van der Waals surface area contributed by atoms with Crippen molar-refractivity contribution in [3.8, 4) is 11.5 Å². The van der Waals surface area contributed by atoms with Crippen molar-refractivity contribution < 1.29 is 9.47 Å². The summed E-state index contributed by atoms with van der Waals surface area (Å²) < 4.78 is 12.3.